The average Bonchev–Trinajstić information content (AvgIpc) is 2.45. The van der Waals surface area contributed by atoms with Crippen molar-refractivity contribution in [2.45, 2.75) is 70.3 Å². The van der Waals surface area contributed by atoms with E-state index in [0.29, 0.717) is 6.61 Å². The number of Topliss-reactive ketones (excluding diaryl/α,β-unsaturated/α-hetero) is 1. The summed E-state index contributed by atoms with van der Waals surface area (Å²) in [7, 11) is 1.39. The lowest BCUT2D eigenvalue weighted by atomic mass is 10.0. The number of methoxy groups -OCH3 is 1. The molecule has 0 spiro atoms. The predicted molar refractivity (Wildman–Crippen MR) is 71.4 cm³/mol. The van der Waals surface area contributed by atoms with Crippen LogP contribution in [-0.2, 0) is 28.5 Å². The van der Waals surface area contributed by atoms with Crippen molar-refractivity contribution in [1.82, 2.24) is 0 Å². The molecule has 2 rings (SSSR count). The van der Waals surface area contributed by atoms with Crippen LogP contribution in [0.5, 0.6) is 0 Å². The van der Waals surface area contributed by atoms with Gasteiger partial charge in [0.1, 0.15) is 12.2 Å². The summed E-state index contributed by atoms with van der Waals surface area (Å²) in [6, 6.07) is 0. The molecule has 2 unspecified atom stereocenters. The van der Waals surface area contributed by atoms with Crippen molar-refractivity contribution in [3.63, 3.8) is 0 Å². The molecular formula is C14H24O7. The molecule has 0 bridgehead atoms. The molecule has 7 heteroatoms. The normalized spacial score (nSPS) is 37.0. The fourth-order valence-electron chi connectivity index (χ4n) is 2.52. The van der Waals surface area contributed by atoms with Crippen molar-refractivity contribution in [2.24, 2.45) is 0 Å². The van der Waals surface area contributed by atoms with Gasteiger partial charge in [0.05, 0.1) is 12.7 Å². The third-order valence-corrected chi connectivity index (χ3v) is 3.38. The Morgan fingerprint density at radius 1 is 1.33 bits per heavy atom. The van der Waals surface area contributed by atoms with E-state index in [1.807, 2.05) is 0 Å². The Kier molecular flexibility index (Phi) is 4.72. The third kappa shape index (κ3) is 4.21. The van der Waals surface area contributed by atoms with Gasteiger partial charge in [0, 0.05) is 13.5 Å². The van der Waals surface area contributed by atoms with Crippen molar-refractivity contribution in [3.05, 3.63) is 0 Å². The van der Waals surface area contributed by atoms with Crippen LogP contribution in [-0.4, -0.2) is 60.8 Å². The molecule has 0 saturated carbocycles. The van der Waals surface area contributed by atoms with Gasteiger partial charge in [-0.05, 0) is 27.7 Å². The van der Waals surface area contributed by atoms with Gasteiger partial charge in [-0.25, -0.2) is 0 Å². The highest BCUT2D eigenvalue weighted by molar-refractivity contribution is 5.86. The summed E-state index contributed by atoms with van der Waals surface area (Å²) in [5.74, 6) is -2.55. The van der Waals surface area contributed by atoms with Crippen molar-refractivity contribution in [3.8, 4) is 0 Å². The third-order valence-electron chi connectivity index (χ3n) is 3.38. The second-order valence-corrected chi connectivity index (χ2v) is 6.30. The number of carbonyl (C=O) groups excluding carboxylic acids is 1. The molecule has 21 heavy (non-hydrogen) atoms. The predicted octanol–water partition coefficient (Wildman–Crippen LogP) is 0.582. The fourth-order valence-corrected chi connectivity index (χ4v) is 2.52. The fraction of sp³-hybridized carbons (Fsp3) is 0.929. The van der Waals surface area contributed by atoms with E-state index >= 15 is 0 Å². The summed E-state index contributed by atoms with van der Waals surface area (Å²) < 4.78 is 27.5. The van der Waals surface area contributed by atoms with Crippen LogP contribution in [0.3, 0.4) is 0 Å². The van der Waals surface area contributed by atoms with Crippen LogP contribution in [0.4, 0.5) is 0 Å². The summed E-state index contributed by atoms with van der Waals surface area (Å²) in [6.07, 6.45) is -2.42. The number of hydrogen-bond acceptors (Lipinski definition) is 7. The van der Waals surface area contributed by atoms with Crippen LogP contribution < -0.4 is 0 Å². The molecule has 0 aromatic carbocycles. The van der Waals surface area contributed by atoms with Crippen molar-refractivity contribution < 1.29 is 33.6 Å². The second-order valence-electron chi connectivity index (χ2n) is 6.30. The van der Waals surface area contributed by atoms with Gasteiger partial charge in [-0.15, -0.1) is 0 Å². The lowest BCUT2D eigenvalue weighted by Crippen LogP contribution is -2.50. The molecule has 0 aromatic rings. The van der Waals surface area contributed by atoms with Crippen LogP contribution in [0.15, 0.2) is 0 Å². The molecule has 7 nitrogen and oxygen atoms in total. The maximum Gasteiger partial charge on any atom is 0.220 e. The summed E-state index contributed by atoms with van der Waals surface area (Å²) >= 11 is 0. The highest BCUT2D eigenvalue weighted by atomic mass is 16.8. The van der Waals surface area contributed by atoms with Gasteiger partial charge < -0.3 is 28.8 Å². The zero-order valence-corrected chi connectivity index (χ0v) is 13.1. The van der Waals surface area contributed by atoms with E-state index in [9.17, 15) is 9.90 Å². The van der Waals surface area contributed by atoms with Crippen molar-refractivity contribution >= 4 is 5.78 Å². The summed E-state index contributed by atoms with van der Waals surface area (Å²) in [4.78, 5) is 12.4. The molecule has 2 aliphatic rings. The lowest BCUT2D eigenvalue weighted by Gasteiger charge is -2.40. The number of aliphatic hydroxyl groups is 1. The highest BCUT2D eigenvalue weighted by Gasteiger charge is 2.46. The van der Waals surface area contributed by atoms with Crippen LogP contribution in [0.25, 0.3) is 0 Å². The standard InChI is InChI=1S/C14H24O7/c1-13(2,16)20-9-6-8-10(7-18-14(3,4)21-8)19-12(17-5)11(9)15/h8-10,12,16H,6-7H2,1-5H3/t8-,9?,10?,12-/m0/s1. The topological polar surface area (TPSA) is 83.5 Å². The van der Waals surface area contributed by atoms with Crippen LogP contribution in [0.1, 0.15) is 34.1 Å². The second kappa shape index (κ2) is 5.91. The molecule has 0 aromatic heterocycles. The SMILES string of the molecule is CO[C@H]1OC2COC(C)(C)O[C@H]2CC(OC(C)(C)O)C1=O. The summed E-state index contributed by atoms with van der Waals surface area (Å²) in [5, 5.41) is 9.82. The maximum absolute atomic E-state index is 12.4. The van der Waals surface area contributed by atoms with Crippen molar-refractivity contribution in [2.75, 3.05) is 13.7 Å². The Labute approximate surface area is 124 Å². The van der Waals surface area contributed by atoms with Crippen LogP contribution in [0.2, 0.25) is 0 Å². The Balaban J connectivity index is 2.19. The zero-order chi connectivity index (χ0) is 15.8. The number of fused-ring (bicyclic) bond motifs is 1. The summed E-state index contributed by atoms with van der Waals surface area (Å²) in [5.41, 5.74) is 0. The lowest BCUT2D eigenvalue weighted by molar-refractivity contribution is -0.322. The minimum absolute atomic E-state index is 0.278. The molecule has 0 aliphatic carbocycles. The van der Waals surface area contributed by atoms with E-state index < -0.39 is 30.1 Å². The minimum Gasteiger partial charge on any atom is -0.366 e. The Morgan fingerprint density at radius 2 is 2.00 bits per heavy atom. The van der Waals surface area contributed by atoms with E-state index in [-0.39, 0.29) is 18.3 Å². The molecule has 2 fully saturated rings. The van der Waals surface area contributed by atoms with E-state index in [4.69, 9.17) is 23.7 Å². The van der Waals surface area contributed by atoms with E-state index in [0.717, 1.165) is 0 Å². The first-order valence-electron chi connectivity index (χ1n) is 7.05. The average molecular weight is 304 g/mol. The van der Waals surface area contributed by atoms with Gasteiger partial charge in [0.15, 0.2) is 11.6 Å². The van der Waals surface area contributed by atoms with Gasteiger partial charge in [0.25, 0.3) is 0 Å². The number of ether oxygens (including phenoxy) is 5. The molecule has 1 N–H and O–H groups in total. The molecular weight excluding hydrogens is 280 g/mol. The minimum atomic E-state index is -1.43. The first-order valence-corrected chi connectivity index (χ1v) is 7.05. The molecule has 2 aliphatic heterocycles. The molecule has 2 saturated heterocycles. The number of carbonyl (C=O) groups is 1. The first kappa shape index (κ1) is 16.8. The Morgan fingerprint density at radius 3 is 2.57 bits per heavy atom. The molecule has 0 amide bonds. The van der Waals surface area contributed by atoms with Gasteiger partial charge in [-0.1, -0.05) is 0 Å². The highest BCUT2D eigenvalue weighted by Crippen LogP contribution is 2.32. The van der Waals surface area contributed by atoms with Crippen LogP contribution >= 0.6 is 0 Å². The largest absolute Gasteiger partial charge is 0.366 e. The Hall–Kier alpha value is -0.570. The van der Waals surface area contributed by atoms with E-state index in [1.54, 1.807) is 13.8 Å². The number of ketones is 1. The van der Waals surface area contributed by atoms with Gasteiger partial charge in [-0.2, -0.15) is 0 Å². The van der Waals surface area contributed by atoms with E-state index in [1.165, 1.54) is 21.0 Å². The van der Waals surface area contributed by atoms with Gasteiger partial charge in [-0.3, -0.25) is 4.79 Å². The van der Waals surface area contributed by atoms with Crippen molar-refractivity contribution in [1.29, 1.82) is 0 Å². The monoisotopic (exact) mass is 304 g/mol. The molecule has 0 radical (unpaired) electrons. The number of hydrogen-bond donors (Lipinski definition) is 1. The van der Waals surface area contributed by atoms with E-state index in [2.05, 4.69) is 0 Å². The Bertz CT molecular complexity index is 387. The quantitative estimate of drug-likeness (QED) is 0.764. The molecule has 4 atom stereocenters. The van der Waals surface area contributed by atoms with Crippen LogP contribution in [0, 0.1) is 0 Å². The smallest absolute Gasteiger partial charge is 0.220 e. The molecule has 122 valence electrons. The summed E-state index contributed by atoms with van der Waals surface area (Å²) in [6.45, 7) is 6.85. The zero-order valence-electron chi connectivity index (χ0n) is 13.1. The first-order chi connectivity index (χ1) is 9.61. The van der Waals surface area contributed by atoms with Gasteiger partial charge >= 0.3 is 0 Å². The van der Waals surface area contributed by atoms with Gasteiger partial charge in [0.2, 0.25) is 12.1 Å². The maximum atomic E-state index is 12.4. The molecule has 2 heterocycles. The number of rotatable bonds is 3.